The van der Waals surface area contributed by atoms with Gasteiger partial charge in [0.1, 0.15) is 18.3 Å². The number of rotatable bonds is 10. The van der Waals surface area contributed by atoms with E-state index in [4.69, 9.17) is 18.9 Å². The lowest BCUT2D eigenvalue weighted by molar-refractivity contribution is -0.138. The van der Waals surface area contributed by atoms with Gasteiger partial charge >= 0.3 is 6.09 Å². The molecule has 0 atom stereocenters. The number of hydrogen-bond donors (Lipinski definition) is 0. The van der Waals surface area contributed by atoms with Gasteiger partial charge in [-0.3, -0.25) is 9.78 Å². The van der Waals surface area contributed by atoms with Crippen LogP contribution in [0.1, 0.15) is 40.0 Å². The van der Waals surface area contributed by atoms with Gasteiger partial charge in [-0.15, -0.1) is 0 Å². The molecule has 0 unspecified atom stereocenters. The van der Waals surface area contributed by atoms with E-state index in [1.807, 2.05) is 62.5 Å². The smallest absolute Gasteiger partial charge is 0.410 e. The fourth-order valence-electron chi connectivity index (χ4n) is 5.93. The maximum atomic E-state index is 12.6. The largest absolute Gasteiger partial charge is 0.474 e. The van der Waals surface area contributed by atoms with Gasteiger partial charge in [-0.25, -0.2) is 9.78 Å². The highest BCUT2D eigenvalue weighted by Gasteiger charge is 2.34. The molecule has 2 aliphatic heterocycles. The number of hydrogen-bond acceptors (Lipinski definition) is 8. The Kier molecular flexibility index (Phi) is 9.42. The zero-order valence-corrected chi connectivity index (χ0v) is 27.1. The molecule has 5 heterocycles. The van der Waals surface area contributed by atoms with Crippen LogP contribution in [-0.4, -0.2) is 100 Å². The molecule has 0 bridgehead atoms. The van der Waals surface area contributed by atoms with Gasteiger partial charge < -0.3 is 33.3 Å². The number of benzene rings is 1. The molecule has 0 radical (unpaired) electrons. The van der Waals surface area contributed by atoms with E-state index >= 15 is 0 Å². The van der Waals surface area contributed by atoms with Crippen LogP contribution in [0.25, 0.3) is 32.9 Å². The van der Waals surface area contributed by atoms with Crippen molar-refractivity contribution in [2.75, 3.05) is 46.0 Å². The maximum Gasteiger partial charge on any atom is 0.410 e. The molecule has 0 saturated carbocycles. The normalized spacial score (nSPS) is 16.2. The van der Waals surface area contributed by atoms with E-state index in [1.54, 1.807) is 4.90 Å². The van der Waals surface area contributed by atoms with E-state index in [2.05, 4.69) is 39.8 Å². The lowest BCUT2D eigenvalue weighted by Crippen LogP contribution is -2.56. The van der Waals surface area contributed by atoms with E-state index in [0.717, 1.165) is 40.4 Å². The first-order valence-electron chi connectivity index (χ1n) is 16.0. The van der Waals surface area contributed by atoms with Crippen LogP contribution in [0, 0.1) is 0 Å². The quantitative estimate of drug-likeness (QED) is 0.220. The Bertz CT molecular complexity index is 1670. The summed E-state index contributed by atoms with van der Waals surface area (Å²) in [6, 6.07) is 12.5. The van der Waals surface area contributed by atoms with Crippen LogP contribution >= 0.6 is 0 Å². The highest BCUT2D eigenvalue weighted by atomic mass is 16.6. The molecule has 6 rings (SSSR count). The number of carbonyl (C=O) groups is 2. The first kappa shape index (κ1) is 31.7. The summed E-state index contributed by atoms with van der Waals surface area (Å²) in [6.07, 6.45) is 7.50. The van der Waals surface area contributed by atoms with E-state index in [9.17, 15) is 9.59 Å². The average molecular weight is 630 g/mol. The van der Waals surface area contributed by atoms with Crippen molar-refractivity contribution in [2.45, 2.75) is 57.8 Å². The van der Waals surface area contributed by atoms with Gasteiger partial charge in [-0.1, -0.05) is 12.1 Å². The van der Waals surface area contributed by atoms with Crippen molar-refractivity contribution in [3.63, 3.8) is 0 Å². The van der Waals surface area contributed by atoms with Crippen molar-refractivity contribution >= 4 is 33.8 Å². The molecule has 11 heteroatoms. The van der Waals surface area contributed by atoms with Crippen LogP contribution in [-0.2, 0) is 26.1 Å². The Balaban J connectivity index is 0.872. The number of aryl methyl sites for hydroxylation is 1. The number of carbonyl (C=O) groups excluding carboxylic acids is 2. The summed E-state index contributed by atoms with van der Waals surface area (Å²) >= 11 is 0. The van der Waals surface area contributed by atoms with Crippen molar-refractivity contribution < 1.29 is 28.5 Å². The van der Waals surface area contributed by atoms with Crippen LogP contribution in [0.5, 0.6) is 5.88 Å². The van der Waals surface area contributed by atoms with Gasteiger partial charge in [0.25, 0.3) is 0 Å². The van der Waals surface area contributed by atoms with Crippen molar-refractivity contribution in [3.05, 3.63) is 55.0 Å². The number of ether oxygens (including phenoxy) is 4. The van der Waals surface area contributed by atoms with E-state index in [-0.39, 0.29) is 30.8 Å². The second kappa shape index (κ2) is 13.6. The summed E-state index contributed by atoms with van der Waals surface area (Å²) in [6.45, 7) is 8.93. The summed E-state index contributed by atoms with van der Waals surface area (Å²) in [4.78, 5) is 37.0. The second-order valence-electron chi connectivity index (χ2n) is 13.1. The predicted molar refractivity (Wildman–Crippen MR) is 175 cm³/mol. The Morgan fingerprint density at radius 2 is 1.67 bits per heavy atom. The van der Waals surface area contributed by atoms with Gasteiger partial charge in [-0.05, 0) is 51.0 Å². The lowest BCUT2D eigenvalue weighted by atomic mass is 10.1. The molecular formula is C35H43N5O6. The Labute approximate surface area is 269 Å². The Morgan fingerprint density at radius 1 is 0.891 bits per heavy atom. The third-order valence-electron chi connectivity index (χ3n) is 8.47. The van der Waals surface area contributed by atoms with Crippen molar-refractivity contribution in [2.24, 2.45) is 7.05 Å². The number of aromatic nitrogens is 3. The molecule has 1 aromatic carbocycles. The van der Waals surface area contributed by atoms with Crippen LogP contribution in [0.2, 0.25) is 0 Å². The predicted octanol–water partition coefficient (Wildman–Crippen LogP) is 5.20. The molecule has 3 aromatic heterocycles. The fourth-order valence-corrected chi connectivity index (χ4v) is 5.93. The zero-order valence-electron chi connectivity index (χ0n) is 27.1. The Morgan fingerprint density at radius 3 is 2.41 bits per heavy atom. The van der Waals surface area contributed by atoms with Gasteiger partial charge in [0.15, 0.2) is 0 Å². The molecule has 244 valence electrons. The molecule has 2 saturated heterocycles. The first-order chi connectivity index (χ1) is 22.1. The summed E-state index contributed by atoms with van der Waals surface area (Å²) in [5, 5.41) is 2.33. The third kappa shape index (κ3) is 7.42. The highest BCUT2D eigenvalue weighted by Crippen LogP contribution is 2.31. The first-order valence-corrected chi connectivity index (χ1v) is 16.0. The van der Waals surface area contributed by atoms with Gasteiger partial charge in [-0.2, -0.15) is 0 Å². The SMILES string of the molecule is Cn1c2ccncc2c2ccc(-c3ccc(OC4CCN(C(=O)COCCCOC5CN(C(=O)OC(C)(C)C)C5)CC4)nc3)cc21. The minimum absolute atomic E-state index is 0.00630. The fraction of sp³-hybridized carbons (Fsp3) is 0.486. The molecule has 4 aromatic rings. The minimum Gasteiger partial charge on any atom is -0.474 e. The van der Waals surface area contributed by atoms with E-state index in [0.29, 0.717) is 51.7 Å². The number of fused-ring (bicyclic) bond motifs is 3. The zero-order chi connectivity index (χ0) is 32.3. The van der Waals surface area contributed by atoms with Crippen LogP contribution in [0.3, 0.4) is 0 Å². The summed E-state index contributed by atoms with van der Waals surface area (Å²) in [5.74, 6) is 0.587. The third-order valence-corrected chi connectivity index (χ3v) is 8.47. The highest BCUT2D eigenvalue weighted by molar-refractivity contribution is 6.08. The van der Waals surface area contributed by atoms with Crippen LogP contribution < -0.4 is 4.74 Å². The second-order valence-corrected chi connectivity index (χ2v) is 13.1. The number of nitrogens with zero attached hydrogens (tertiary/aromatic N) is 5. The molecule has 11 nitrogen and oxygen atoms in total. The summed E-state index contributed by atoms with van der Waals surface area (Å²) < 4.78 is 25.1. The van der Waals surface area contributed by atoms with E-state index in [1.165, 1.54) is 5.39 Å². The molecule has 0 spiro atoms. The van der Waals surface area contributed by atoms with Gasteiger partial charge in [0.05, 0.1) is 24.7 Å². The molecule has 0 N–H and O–H groups in total. The molecule has 2 amide bonds. The van der Waals surface area contributed by atoms with Crippen LogP contribution in [0.15, 0.2) is 55.0 Å². The summed E-state index contributed by atoms with van der Waals surface area (Å²) in [5.41, 5.74) is 3.93. The standard InChI is InChI=1S/C35H43N5O6/c1-35(2,3)46-34(42)40-21-27(22-40)44-17-5-16-43-23-33(41)39-14-11-26(12-15-39)45-32-9-7-25(19-37-32)24-6-8-28-29-20-36-13-10-30(29)38(4)31(28)18-24/h6-10,13,18-20,26-27H,5,11-12,14-17,21-23H2,1-4H3. The van der Waals surface area contributed by atoms with Crippen molar-refractivity contribution in [1.29, 1.82) is 0 Å². The number of pyridine rings is 2. The molecule has 0 aliphatic carbocycles. The Hall–Kier alpha value is -4.22. The lowest BCUT2D eigenvalue weighted by Gasteiger charge is -2.39. The topological polar surface area (TPSA) is 108 Å². The number of piperidine rings is 1. The molecule has 2 fully saturated rings. The van der Waals surface area contributed by atoms with Crippen molar-refractivity contribution in [3.8, 4) is 17.0 Å². The number of amides is 2. The molecular weight excluding hydrogens is 586 g/mol. The maximum absolute atomic E-state index is 12.6. The monoisotopic (exact) mass is 629 g/mol. The minimum atomic E-state index is -0.498. The van der Waals surface area contributed by atoms with Gasteiger partial charge in [0, 0.05) is 92.7 Å². The van der Waals surface area contributed by atoms with Crippen LogP contribution in [0.4, 0.5) is 4.79 Å². The molecule has 2 aliphatic rings. The summed E-state index contributed by atoms with van der Waals surface area (Å²) in [7, 11) is 2.08. The average Bonchev–Trinajstić information content (AvgIpc) is 3.30. The van der Waals surface area contributed by atoms with Crippen molar-refractivity contribution in [1.82, 2.24) is 24.3 Å². The number of likely N-dealkylation sites (tertiary alicyclic amines) is 2. The van der Waals surface area contributed by atoms with E-state index < -0.39 is 5.60 Å². The van der Waals surface area contributed by atoms with Gasteiger partial charge in [0.2, 0.25) is 11.8 Å². The molecule has 46 heavy (non-hydrogen) atoms.